The molecule has 0 aliphatic carbocycles. The van der Waals surface area contributed by atoms with Crippen LogP contribution in [-0.4, -0.2) is 16.1 Å². The van der Waals surface area contributed by atoms with Gasteiger partial charge in [-0.05, 0) is 19.1 Å². The maximum Gasteiger partial charge on any atom is 0.346 e. The minimum absolute atomic E-state index is 0.352. The molecule has 0 aliphatic heterocycles. The Hall–Kier alpha value is -1.78. The van der Waals surface area contributed by atoms with Gasteiger partial charge in [-0.2, -0.15) is 0 Å². The van der Waals surface area contributed by atoms with Crippen LogP contribution in [-0.2, 0) is 0 Å². The SMILES string of the molecule is CC=NC(c1ccccn1)[N+](=O)[O-]. The van der Waals surface area contributed by atoms with Crippen molar-refractivity contribution in [3.05, 3.63) is 40.2 Å². The van der Waals surface area contributed by atoms with Crippen LogP contribution >= 0.6 is 0 Å². The molecule has 0 aliphatic rings. The average molecular weight is 179 g/mol. The van der Waals surface area contributed by atoms with E-state index < -0.39 is 11.1 Å². The molecule has 1 aromatic heterocycles. The number of nitro groups is 1. The summed E-state index contributed by atoms with van der Waals surface area (Å²) in [6, 6.07) is 4.99. The molecule has 1 rings (SSSR count). The number of hydrogen-bond acceptors (Lipinski definition) is 4. The minimum Gasteiger partial charge on any atom is -0.262 e. The first-order valence-corrected chi connectivity index (χ1v) is 3.78. The summed E-state index contributed by atoms with van der Waals surface area (Å²) in [5.74, 6) is 0. The van der Waals surface area contributed by atoms with Crippen LogP contribution in [0.1, 0.15) is 18.8 Å². The molecule has 5 heteroatoms. The highest BCUT2D eigenvalue weighted by Gasteiger charge is 2.20. The van der Waals surface area contributed by atoms with Gasteiger partial charge in [0, 0.05) is 12.4 Å². The molecule has 0 radical (unpaired) electrons. The lowest BCUT2D eigenvalue weighted by molar-refractivity contribution is -0.527. The molecule has 0 fully saturated rings. The van der Waals surface area contributed by atoms with Crippen LogP contribution < -0.4 is 0 Å². The molecule has 1 aromatic rings. The molecule has 0 amide bonds. The molecule has 0 bridgehead atoms. The van der Waals surface area contributed by atoms with E-state index in [0.29, 0.717) is 5.69 Å². The Morgan fingerprint density at radius 2 is 2.46 bits per heavy atom. The number of hydrogen-bond donors (Lipinski definition) is 0. The predicted molar refractivity (Wildman–Crippen MR) is 48.1 cm³/mol. The van der Waals surface area contributed by atoms with Gasteiger partial charge in [-0.15, -0.1) is 0 Å². The van der Waals surface area contributed by atoms with Gasteiger partial charge in [-0.25, -0.2) is 4.99 Å². The van der Waals surface area contributed by atoms with E-state index in [2.05, 4.69) is 9.98 Å². The highest BCUT2D eigenvalue weighted by atomic mass is 16.6. The van der Waals surface area contributed by atoms with Crippen LogP contribution in [0.2, 0.25) is 0 Å². The zero-order chi connectivity index (χ0) is 9.68. The summed E-state index contributed by atoms with van der Waals surface area (Å²) >= 11 is 0. The molecular weight excluding hydrogens is 170 g/mol. The van der Waals surface area contributed by atoms with Crippen LogP contribution in [0.4, 0.5) is 0 Å². The second-order valence-electron chi connectivity index (χ2n) is 2.32. The maximum absolute atomic E-state index is 10.5. The van der Waals surface area contributed by atoms with Crippen LogP contribution in [0.25, 0.3) is 0 Å². The van der Waals surface area contributed by atoms with Gasteiger partial charge in [-0.3, -0.25) is 15.1 Å². The van der Waals surface area contributed by atoms with E-state index >= 15 is 0 Å². The molecule has 0 aromatic carbocycles. The second-order valence-corrected chi connectivity index (χ2v) is 2.32. The number of pyridine rings is 1. The molecule has 0 saturated heterocycles. The van der Waals surface area contributed by atoms with Gasteiger partial charge in [0.15, 0.2) is 0 Å². The third kappa shape index (κ3) is 2.33. The Bertz CT molecular complexity index is 310. The topological polar surface area (TPSA) is 68.4 Å². The van der Waals surface area contributed by atoms with E-state index in [1.54, 1.807) is 25.1 Å². The van der Waals surface area contributed by atoms with E-state index in [9.17, 15) is 10.1 Å². The van der Waals surface area contributed by atoms with Crippen molar-refractivity contribution in [2.75, 3.05) is 0 Å². The predicted octanol–water partition coefficient (Wildman–Crippen LogP) is 1.45. The summed E-state index contributed by atoms with van der Waals surface area (Å²) in [5.41, 5.74) is 0.352. The van der Waals surface area contributed by atoms with Crippen molar-refractivity contribution in [1.29, 1.82) is 0 Å². The highest BCUT2D eigenvalue weighted by Crippen LogP contribution is 2.13. The molecule has 0 spiro atoms. The zero-order valence-corrected chi connectivity index (χ0v) is 7.12. The van der Waals surface area contributed by atoms with Gasteiger partial charge in [-0.1, -0.05) is 6.07 Å². The molecular formula is C8H9N3O2. The summed E-state index contributed by atoms with van der Waals surface area (Å²) < 4.78 is 0. The lowest BCUT2D eigenvalue weighted by Gasteiger charge is -2.01. The standard InChI is InChI=1S/C8H9N3O2/c1-2-9-8(11(12)13)7-5-3-4-6-10-7/h2-6,8H,1H3. The zero-order valence-electron chi connectivity index (χ0n) is 7.12. The maximum atomic E-state index is 10.5. The average Bonchev–Trinajstić information content (AvgIpc) is 2.15. The Morgan fingerprint density at radius 1 is 1.69 bits per heavy atom. The van der Waals surface area contributed by atoms with Crippen molar-refractivity contribution in [2.24, 2.45) is 4.99 Å². The van der Waals surface area contributed by atoms with Crippen molar-refractivity contribution >= 4 is 6.21 Å². The Morgan fingerprint density at radius 3 is 2.92 bits per heavy atom. The summed E-state index contributed by atoms with van der Waals surface area (Å²) in [6.45, 7) is 1.64. The summed E-state index contributed by atoms with van der Waals surface area (Å²) in [4.78, 5) is 17.6. The van der Waals surface area contributed by atoms with Crippen LogP contribution in [0.5, 0.6) is 0 Å². The van der Waals surface area contributed by atoms with Gasteiger partial charge >= 0.3 is 6.17 Å². The lowest BCUT2D eigenvalue weighted by atomic mass is 10.3. The first-order chi connectivity index (χ1) is 6.25. The normalized spacial score (nSPS) is 13.0. The lowest BCUT2D eigenvalue weighted by Crippen LogP contribution is -2.09. The third-order valence-electron chi connectivity index (χ3n) is 1.44. The summed E-state index contributed by atoms with van der Waals surface area (Å²) in [7, 11) is 0. The molecule has 1 atom stereocenters. The largest absolute Gasteiger partial charge is 0.346 e. The third-order valence-corrected chi connectivity index (χ3v) is 1.44. The minimum atomic E-state index is -1.08. The van der Waals surface area contributed by atoms with Crippen molar-refractivity contribution in [3.63, 3.8) is 0 Å². The number of rotatable bonds is 3. The van der Waals surface area contributed by atoms with Crippen molar-refractivity contribution in [2.45, 2.75) is 13.1 Å². The van der Waals surface area contributed by atoms with Crippen molar-refractivity contribution in [3.8, 4) is 0 Å². The first-order valence-electron chi connectivity index (χ1n) is 3.78. The van der Waals surface area contributed by atoms with E-state index in [4.69, 9.17) is 0 Å². The molecule has 1 heterocycles. The van der Waals surface area contributed by atoms with Gasteiger partial charge in [0.1, 0.15) is 5.69 Å². The smallest absolute Gasteiger partial charge is 0.262 e. The Labute approximate surface area is 75.3 Å². The van der Waals surface area contributed by atoms with E-state index in [1.807, 2.05) is 0 Å². The van der Waals surface area contributed by atoms with E-state index in [-0.39, 0.29) is 0 Å². The molecule has 1 unspecified atom stereocenters. The van der Waals surface area contributed by atoms with Gasteiger partial charge in [0.2, 0.25) is 0 Å². The molecule has 13 heavy (non-hydrogen) atoms. The fourth-order valence-electron chi connectivity index (χ4n) is 0.909. The first kappa shape index (κ1) is 9.31. The monoisotopic (exact) mass is 179 g/mol. The fraction of sp³-hybridized carbons (Fsp3) is 0.250. The van der Waals surface area contributed by atoms with Crippen LogP contribution in [0, 0.1) is 10.1 Å². The Balaban J connectivity index is 2.96. The van der Waals surface area contributed by atoms with Crippen molar-refractivity contribution in [1.82, 2.24) is 4.98 Å². The van der Waals surface area contributed by atoms with Gasteiger partial charge in [0.05, 0.1) is 4.92 Å². The Kier molecular flexibility index (Phi) is 3.08. The van der Waals surface area contributed by atoms with E-state index in [1.165, 1.54) is 12.4 Å². The number of aromatic nitrogens is 1. The van der Waals surface area contributed by atoms with Crippen molar-refractivity contribution < 1.29 is 4.92 Å². The quantitative estimate of drug-likeness (QED) is 0.400. The van der Waals surface area contributed by atoms with Gasteiger partial charge in [0.25, 0.3) is 0 Å². The van der Waals surface area contributed by atoms with Crippen LogP contribution in [0.3, 0.4) is 0 Å². The fourth-order valence-corrected chi connectivity index (χ4v) is 0.909. The summed E-state index contributed by atoms with van der Waals surface area (Å²) in [6.07, 6.45) is 1.84. The molecule has 68 valence electrons. The number of nitrogens with zero attached hydrogens (tertiary/aromatic N) is 3. The van der Waals surface area contributed by atoms with E-state index in [0.717, 1.165) is 0 Å². The molecule has 0 saturated carbocycles. The molecule has 0 N–H and O–H groups in total. The number of aliphatic imine (C=N–C) groups is 1. The van der Waals surface area contributed by atoms with Gasteiger partial charge < -0.3 is 0 Å². The highest BCUT2D eigenvalue weighted by molar-refractivity contribution is 5.53. The van der Waals surface area contributed by atoms with Crippen LogP contribution in [0.15, 0.2) is 29.4 Å². The molecule has 5 nitrogen and oxygen atoms in total. The second kappa shape index (κ2) is 4.30. The summed E-state index contributed by atoms with van der Waals surface area (Å²) in [5, 5.41) is 10.5.